The molecular formula is C56H40O32. The van der Waals surface area contributed by atoms with Gasteiger partial charge in [-0.3, -0.25) is 0 Å². The first kappa shape index (κ1) is 57.5. The number of esters is 5. The largest absolute Gasteiger partial charge is 0.507 e. The normalized spacial score (nSPS) is 20.3. The summed E-state index contributed by atoms with van der Waals surface area (Å²) in [5.74, 6) is -40.2. The zero-order valence-electron chi connectivity index (χ0n) is 43.5. The van der Waals surface area contributed by atoms with Gasteiger partial charge in [-0.05, 0) is 42.5 Å². The third-order valence-electron chi connectivity index (χ3n) is 15.0. The van der Waals surface area contributed by atoms with E-state index in [9.17, 15) is 117 Å². The number of fused-ring (bicyclic) bond motifs is 8. The predicted molar refractivity (Wildman–Crippen MR) is 278 cm³/mol. The van der Waals surface area contributed by atoms with Crippen LogP contribution in [0.15, 0.2) is 48.5 Å². The van der Waals surface area contributed by atoms with Crippen molar-refractivity contribution < 1.29 is 160 Å². The van der Waals surface area contributed by atoms with Crippen molar-refractivity contribution in [2.24, 2.45) is 0 Å². The van der Waals surface area contributed by atoms with Gasteiger partial charge in [0, 0.05) is 57.0 Å². The number of cyclic esters (lactones) is 3. The Balaban J connectivity index is 1.25. The number of aliphatic hydroxyl groups is 1. The minimum Gasteiger partial charge on any atom is -0.507 e. The Morgan fingerprint density at radius 2 is 0.841 bits per heavy atom. The summed E-state index contributed by atoms with van der Waals surface area (Å²) in [4.78, 5) is 74.8. The van der Waals surface area contributed by atoms with Crippen LogP contribution in [0.4, 0.5) is 0 Å². The van der Waals surface area contributed by atoms with Crippen molar-refractivity contribution in [2.75, 3.05) is 6.61 Å². The van der Waals surface area contributed by atoms with Crippen LogP contribution in [0.1, 0.15) is 86.1 Å². The minimum absolute atomic E-state index is 0.280. The molecule has 7 atom stereocenters. The van der Waals surface area contributed by atoms with Crippen molar-refractivity contribution >= 4 is 29.8 Å². The fourth-order valence-corrected chi connectivity index (χ4v) is 11.0. The number of aliphatic hydroxyl groups excluding tert-OH is 1. The third kappa shape index (κ3) is 8.60. The fourth-order valence-electron chi connectivity index (χ4n) is 11.0. The molecule has 0 aliphatic carbocycles. The molecule has 4 heterocycles. The van der Waals surface area contributed by atoms with Crippen molar-refractivity contribution in [3.05, 3.63) is 98.6 Å². The maximum atomic E-state index is 15.3. The van der Waals surface area contributed by atoms with Crippen molar-refractivity contribution in [2.45, 2.75) is 49.0 Å². The van der Waals surface area contributed by atoms with E-state index in [4.69, 9.17) is 28.4 Å². The molecule has 0 unspecified atom stereocenters. The SMILES string of the molecule is O=C(O[C@H]1COC(=O)c2cc(O)c(O)c(O)c2-c2c(cc(O)c(O)c2O)C(=O)O[C@H]1[C@H]1OC(=O)c2cc(O)c(O)c(O)c2-c2c(O)c(O)c(O)c3c2C(=O)O[C@H]1[C@H]3c1c(O)cc(O)c2c1O[C@H](c1cc(O)c(O)c(O)c1)[C@@H](O)C2)c1cc(O)c(O)c(O)c1. The van der Waals surface area contributed by atoms with E-state index in [2.05, 4.69) is 0 Å². The first-order valence-corrected chi connectivity index (χ1v) is 25.0. The fraction of sp³-hybridized carbons (Fsp3) is 0.161. The average Bonchev–Trinajstić information content (AvgIpc) is 0.746. The number of carbonyl (C=O) groups is 5. The van der Waals surface area contributed by atoms with Gasteiger partial charge in [0.05, 0.1) is 39.8 Å². The maximum absolute atomic E-state index is 15.3. The molecule has 0 amide bonds. The molecule has 4 aliphatic heterocycles. The Labute approximate surface area is 485 Å². The van der Waals surface area contributed by atoms with Gasteiger partial charge >= 0.3 is 29.8 Å². The smallest absolute Gasteiger partial charge is 0.339 e. The van der Waals surface area contributed by atoms with Gasteiger partial charge in [-0.15, -0.1) is 0 Å². The van der Waals surface area contributed by atoms with Crippen LogP contribution >= 0.6 is 0 Å². The molecule has 11 rings (SSSR count). The van der Waals surface area contributed by atoms with E-state index < -0.39 is 273 Å². The minimum atomic E-state index is -3.04. The van der Waals surface area contributed by atoms with Gasteiger partial charge in [0.1, 0.15) is 23.9 Å². The highest BCUT2D eigenvalue weighted by molar-refractivity contribution is 6.11. The van der Waals surface area contributed by atoms with Gasteiger partial charge in [-0.25, -0.2) is 24.0 Å². The molecule has 0 radical (unpaired) electrons. The summed E-state index contributed by atoms with van der Waals surface area (Å²) >= 11 is 0. The van der Waals surface area contributed by atoms with Gasteiger partial charge in [0.2, 0.25) is 23.0 Å². The van der Waals surface area contributed by atoms with Crippen molar-refractivity contribution in [3.8, 4) is 143 Å². The zero-order valence-corrected chi connectivity index (χ0v) is 43.5. The molecule has 0 saturated heterocycles. The number of hydrogen-bond donors (Lipinski definition) is 21. The molecule has 0 saturated carbocycles. The summed E-state index contributed by atoms with van der Waals surface area (Å²) in [6, 6.07) is 4.02. The molecule has 0 fully saturated rings. The molecule has 0 spiro atoms. The Kier molecular flexibility index (Phi) is 13.2. The molecule has 21 N–H and O–H groups in total. The Bertz CT molecular complexity index is 4250. The van der Waals surface area contributed by atoms with E-state index in [1.807, 2.05) is 0 Å². The number of rotatable bonds is 5. The summed E-state index contributed by atoms with van der Waals surface area (Å²) in [5.41, 5.74) is -13.9. The number of aromatic hydroxyl groups is 20. The molecule has 2 bridgehead atoms. The summed E-state index contributed by atoms with van der Waals surface area (Å²) in [6.45, 7) is -1.65. The molecule has 0 aromatic heterocycles. The molecule has 7 aromatic rings. The van der Waals surface area contributed by atoms with Gasteiger partial charge < -0.3 is 136 Å². The van der Waals surface area contributed by atoms with Gasteiger partial charge in [-0.1, -0.05) is 0 Å². The molecule has 7 aromatic carbocycles. The van der Waals surface area contributed by atoms with E-state index >= 15 is 14.4 Å². The second-order valence-electron chi connectivity index (χ2n) is 20.1. The number of carbonyl (C=O) groups excluding carboxylic acids is 5. The molecule has 456 valence electrons. The first-order valence-electron chi connectivity index (χ1n) is 25.0. The number of hydrogen-bond acceptors (Lipinski definition) is 32. The van der Waals surface area contributed by atoms with E-state index in [0.29, 0.717) is 30.3 Å². The van der Waals surface area contributed by atoms with Crippen LogP contribution in [0.5, 0.6) is 121 Å². The average molecular weight is 1220 g/mol. The van der Waals surface area contributed by atoms with Crippen LogP contribution in [0.25, 0.3) is 22.3 Å². The number of phenolic OH excluding ortho intramolecular Hbond substituents is 20. The second-order valence-corrected chi connectivity index (χ2v) is 20.1. The Morgan fingerprint density at radius 3 is 1.36 bits per heavy atom. The predicted octanol–water partition coefficient (Wildman–Crippen LogP) is 3.00. The van der Waals surface area contributed by atoms with E-state index in [0.717, 1.165) is 12.1 Å². The van der Waals surface area contributed by atoms with Crippen LogP contribution in [-0.4, -0.2) is 174 Å². The monoisotopic (exact) mass is 1220 g/mol. The lowest BCUT2D eigenvalue weighted by Crippen LogP contribution is -2.56. The first-order chi connectivity index (χ1) is 41.4. The lowest BCUT2D eigenvalue weighted by atomic mass is 9.73. The summed E-state index contributed by atoms with van der Waals surface area (Å²) in [7, 11) is 0. The van der Waals surface area contributed by atoms with Crippen LogP contribution in [-0.2, 0) is 30.1 Å². The van der Waals surface area contributed by atoms with Gasteiger partial charge in [0.25, 0.3) is 0 Å². The summed E-state index contributed by atoms with van der Waals surface area (Å²) in [6.07, 6.45) is -16.2. The Hall–Kier alpha value is -12.4. The van der Waals surface area contributed by atoms with Crippen LogP contribution in [0.3, 0.4) is 0 Å². The van der Waals surface area contributed by atoms with Gasteiger partial charge in [0.15, 0.2) is 111 Å². The van der Waals surface area contributed by atoms with Crippen molar-refractivity contribution in [1.29, 1.82) is 0 Å². The standard InChI is InChI=1S/C56H40O32/c57-17-9-18(58)31(48-13(17)5-26(66)47(85-48)11-1-19(59)36(67)20(60)2-11)34-33-35-32(44(75)46(77)45(33)76)30-16(8-25(65)40(71)43(30)74)55(81)88-51(50(34)87-56(35)82)49-27(84-52(78)12-3-21(61)37(68)22(62)4-12)10-83-53(79)14-6-23(63)38(69)41(72)28(14)29-15(54(80)86-49)7-24(64)39(70)42(29)73/h1-4,6-9,26-27,34,47,49-51,57-77H,5,10H2/t26-,27-,34-,47+,49+,50-,51+/m0/s1. The van der Waals surface area contributed by atoms with E-state index in [1.54, 1.807) is 0 Å². The quantitative estimate of drug-likeness (QED) is 0.0669. The topological polar surface area (TPSA) is 566 Å². The van der Waals surface area contributed by atoms with Crippen LogP contribution in [0.2, 0.25) is 0 Å². The van der Waals surface area contributed by atoms with E-state index in [1.165, 1.54) is 0 Å². The summed E-state index contributed by atoms with van der Waals surface area (Å²) in [5, 5.41) is 233. The van der Waals surface area contributed by atoms with Crippen LogP contribution < -0.4 is 4.74 Å². The molecule has 32 nitrogen and oxygen atoms in total. The summed E-state index contributed by atoms with van der Waals surface area (Å²) < 4.78 is 35.5. The number of ether oxygens (including phenoxy) is 6. The molecule has 88 heavy (non-hydrogen) atoms. The van der Waals surface area contributed by atoms with Crippen molar-refractivity contribution in [3.63, 3.8) is 0 Å². The zero-order chi connectivity index (χ0) is 63.9. The highest BCUT2D eigenvalue weighted by atomic mass is 16.6. The molecule has 32 heteroatoms. The molecule has 4 aliphatic rings. The molecular weight excluding hydrogens is 1180 g/mol. The Morgan fingerprint density at radius 1 is 0.398 bits per heavy atom. The van der Waals surface area contributed by atoms with E-state index in [-0.39, 0.29) is 11.6 Å². The number of benzene rings is 7. The maximum Gasteiger partial charge on any atom is 0.339 e. The van der Waals surface area contributed by atoms with Crippen LogP contribution in [0, 0.1) is 0 Å². The van der Waals surface area contributed by atoms with Gasteiger partial charge in [-0.2, -0.15) is 0 Å². The lowest BCUT2D eigenvalue weighted by molar-refractivity contribution is -0.135. The number of phenols is 20. The second kappa shape index (κ2) is 20.2. The lowest BCUT2D eigenvalue weighted by Gasteiger charge is -2.43. The highest BCUT2D eigenvalue weighted by Crippen LogP contribution is 2.62. The third-order valence-corrected chi connectivity index (χ3v) is 15.0. The van der Waals surface area contributed by atoms with Crippen molar-refractivity contribution in [1.82, 2.24) is 0 Å². The highest BCUT2D eigenvalue weighted by Gasteiger charge is 2.57.